The molecule has 0 saturated carbocycles. The summed E-state index contributed by atoms with van der Waals surface area (Å²) < 4.78 is 0. The minimum absolute atomic E-state index is 0.911. The number of piperidine rings is 1. The number of hydrogen-bond acceptors (Lipinski definition) is 3. The van der Waals surface area contributed by atoms with E-state index in [0.717, 1.165) is 5.92 Å². The quantitative estimate of drug-likeness (QED) is 0.918. The lowest BCUT2D eigenvalue weighted by Crippen LogP contribution is -2.47. The van der Waals surface area contributed by atoms with E-state index < -0.39 is 0 Å². The van der Waals surface area contributed by atoms with Gasteiger partial charge in [-0.25, -0.2) is 0 Å². The first kappa shape index (κ1) is 14.9. The van der Waals surface area contributed by atoms with Crippen molar-refractivity contribution in [1.82, 2.24) is 10.2 Å². The van der Waals surface area contributed by atoms with Crippen molar-refractivity contribution in [1.29, 1.82) is 0 Å². The van der Waals surface area contributed by atoms with Crippen LogP contribution in [0.5, 0.6) is 0 Å². The first-order chi connectivity index (χ1) is 10.3. The van der Waals surface area contributed by atoms with Crippen LogP contribution in [-0.4, -0.2) is 50.7 Å². The molecule has 2 heterocycles. The van der Waals surface area contributed by atoms with Gasteiger partial charge in [0.15, 0.2) is 0 Å². The average molecular weight is 287 g/mol. The molecule has 3 rings (SSSR count). The van der Waals surface area contributed by atoms with Crippen LogP contribution in [0.4, 0.5) is 5.69 Å². The summed E-state index contributed by atoms with van der Waals surface area (Å²) in [7, 11) is 0. The molecule has 1 atom stereocenters. The molecule has 0 bridgehead atoms. The van der Waals surface area contributed by atoms with Gasteiger partial charge >= 0.3 is 0 Å². The van der Waals surface area contributed by atoms with Gasteiger partial charge in [-0.2, -0.15) is 0 Å². The highest BCUT2D eigenvalue weighted by atomic mass is 15.3. The number of hydrogen-bond donors (Lipinski definition) is 1. The Bertz CT molecular complexity index is 432. The minimum atomic E-state index is 0.911. The second-order valence-corrected chi connectivity index (χ2v) is 6.67. The van der Waals surface area contributed by atoms with Gasteiger partial charge in [-0.05, 0) is 69.4 Å². The highest BCUT2D eigenvalue weighted by Crippen LogP contribution is 2.19. The van der Waals surface area contributed by atoms with E-state index in [4.69, 9.17) is 0 Å². The second kappa shape index (κ2) is 7.28. The molecule has 1 N–H and O–H groups in total. The molecule has 116 valence electrons. The molecular formula is C18H29N3. The molecule has 1 aromatic carbocycles. The van der Waals surface area contributed by atoms with Crippen molar-refractivity contribution in [3.05, 3.63) is 29.8 Å². The molecule has 3 heteroatoms. The Morgan fingerprint density at radius 1 is 1.19 bits per heavy atom. The fraction of sp³-hybridized carbons (Fsp3) is 0.667. The average Bonchev–Trinajstić information content (AvgIpc) is 2.54. The summed E-state index contributed by atoms with van der Waals surface area (Å²) in [5.74, 6) is 0.911. The fourth-order valence-electron chi connectivity index (χ4n) is 3.59. The third-order valence-corrected chi connectivity index (χ3v) is 4.99. The standard InChI is InChI=1S/C18H29N3/c1-16-4-2-6-18(14-16)21-12-10-20(11-13-21)9-7-17-5-3-8-19-15-17/h2,4,6,14,17,19H,3,5,7-13,15H2,1H3. The van der Waals surface area contributed by atoms with Gasteiger partial charge in [0.2, 0.25) is 0 Å². The smallest absolute Gasteiger partial charge is 0.0369 e. The molecular weight excluding hydrogens is 258 g/mol. The SMILES string of the molecule is Cc1cccc(N2CCN(CCC3CCCNC3)CC2)c1. The van der Waals surface area contributed by atoms with Gasteiger partial charge in [0, 0.05) is 31.9 Å². The summed E-state index contributed by atoms with van der Waals surface area (Å²) in [5, 5.41) is 3.53. The zero-order valence-corrected chi connectivity index (χ0v) is 13.4. The maximum Gasteiger partial charge on any atom is 0.0369 e. The first-order valence-corrected chi connectivity index (χ1v) is 8.56. The van der Waals surface area contributed by atoms with E-state index in [1.807, 2.05) is 0 Å². The van der Waals surface area contributed by atoms with Crippen molar-refractivity contribution in [2.45, 2.75) is 26.2 Å². The van der Waals surface area contributed by atoms with E-state index in [-0.39, 0.29) is 0 Å². The van der Waals surface area contributed by atoms with Crippen LogP contribution in [0.25, 0.3) is 0 Å². The zero-order valence-electron chi connectivity index (χ0n) is 13.4. The van der Waals surface area contributed by atoms with Gasteiger partial charge in [0.05, 0.1) is 0 Å². The number of nitrogens with one attached hydrogen (secondary N) is 1. The van der Waals surface area contributed by atoms with E-state index in [0.29, 0.717) is 0 Å². The Morgan fingerprint density at radius 3 is 2.76 bits per heavy atom. The summed E-state index contributed by atoms with van der Waals surface area (Å²) in [6, 6.07) is 8.91. The summed E-state index contributed by atoms with van der Waals surface area (Å²) in [6.07, 6.45) is 4.17. The molecule has 0 spiro atoms. The van der Waals surface area contributed by atoms with Gasteiger partial charge in [-0.15, -0.1) is 0 Å². The van der Waals surface area contributed by atoms with Crippen molar-refractivity contribution in [2.75, 3.05) is 50.7 Å². The van der Waals surface area contributed by atoms with Gasteiger partial charge in [-0.3, -0.25) is 4.90 Å². The van der Waals surface area contributed by atoms with Crippen LogP contribution in [0.3, 0.4) is 0 Å². The van der Waals surface area contributed by atoms with Gasteiger partial charge in [0.1, 0.15) is 0 Å². The topological polar surface area (TPSA) is 18.5 Å². The van der Waals surface area contributed by atoms with Gasteiger partial charge in [0.25, 0.3) is 0 Å². The first-order valence-electron chi connectivity index (χ1n) is 8.56. The third kappa shape index (κ3) is 4.21. The van der Waals surface area contributed by atoms with Crippen molar-refractivity contribution >= 4 is 5.69 Å². The van der Waals surface area contributed by atoms with Crippen molar-refractivity contribution in [3.63, 3.8) is 0 Å². The molecule has 2 aliphatic heterocycles. The summed E-state index contributed by atoms with van der Waals surface area (Å²) in [5.41, 5.74) is 2.76. The monoisotopic (exact) mass is 287 g/mol. The van der Waals surface area contributed by atoms with Crippen LogP contribution in [-0.2, 0) is 0 Å². The number of benzene rings is 1. The molecule has 0 aromatic heterocycles. The van der Waals surface area contributed by atoms with E-state index in [9.17, 15) is 0 Å². The third-order valence-electron chi connectivity index (χ3n) is 4.99. The van der Waals surface area contributed by atoms with Crippen molar-refractivity contribution < 1.29 is 0 Å². The second-order valence-electron chi connectivity index (χ2n) is 6.67. The van der Waals surface area contributed by atoms with Crippen LogP contribution in [0, 0.1) is 12.8 Å². The van der Waals surface area contributed by atoms with Gasteiger partial charge in [-0.1, -0.05) is 12.1 Å². The van der Waals surface area contributed by atoms with Crippen LogP contribution < -0.4 is 10.2 Å². The maximum atomic E-state index is 3.53. The number of rotatable bonds is 4. The molecule has 0 aliphatic carbocycles. The van der Waals surface area contributed by atoms with E-state index in [1.54, 1.807) is 0 Å². The zero-order chi connectivity index (χ0) is 14.5. The number of piperazine rings is 1. The predicted molar refractivity (Wildman–Crippen MR) is 90.0 cm³/mol. The van der Waals surface area contributed by atoms with Crippen LogP contribution in [0.1, 0.15) is 24.8 Å². The summed E-state index contributed by atoms with van der Waals surface area (Å²) >= 11 is 0. The Kier molecular flexibility index (Phi) is 5.15. The largest absolute Gasteiger partial charge is 0.369 e. The van der Waals surface area contributed by atoms with E-state index in [1.165, 1.54) is 76.3 Å². The normalized spacial score (nSPS) is 24.2. The van der Waals surface area contributed by atoms with Crippen LogP contribution >= 0.6 is 0 Å². The maximum absolute atomic E-state index is 3.53. The minimum Gasteiger partial charge on any atom is -0.369 e. The summed E-state index contributed by atoms with van der Waals surface area (Å²) in [4.78, 5) is 5.19. The molecule has 0 amide bonds. The highest BCUT2D eigenvalue weighted by molar-refractivity contribution is 5.48. The van der Waals surface area contributed by atoms with E-state index in [2.05, 4.69) is 46.3 Å². The predicted octanol–water partition coefficient (Wildman–Crippen LogP) is 2.51. The van der Waals surface area contributed by atoms with Gasteiger partial charge < -0.3 is 10.2 Å². The lowest BCUT2D eigenvalue weighted by molar-refractivity contribution is 0.226. The Morgan fingerprint density at radius 2 is 2.05 bits per heavy atom. The molecule has 1 unspecified atom stereocenters. The molecule has 21 heavy (non-hydrogen) atoms. The van der Waals surface area contributed by atoms with Crippen molar-refractivity contribution in [3.8, 4) is 0 Å². The lowest BCUT2D eigenvalue weighted by Gasteiger charge is -2.37. The lowest BCUT2D eigenvalue weighted by atomic mass is 9.96. The number of nitrogens with zero attached hydrogens (tertiary/aromatic N) is 2. The Hall–Kier alpha value is -1.06. The molecule has 3 nitrogen and oxygen atoms in total. The van der Waals surface area contributed by atoms with Crippen molar-refractivity contribution in [2.24, 2.45) is 5.92 Å². The Balaban J connectivity index is 1.42. The molecule has 2 fully saturated rings. The number of aryl methyl sites for hydroxylation is 1. The van der Waals surface area contributed by atoms with E-state index >= 15 is 0 Å². The Labute approximate surface area is 129 Å². The molecule has 1 aromatic rings. The molecule has 0 radical (unpaired) electrons. The number of anilines is 1. The highest BCUT2D eigenvalue weighted by Gasteiger charge is 2.19. The van der Waals surface area contributed by atoms with Crippen LogP contribution in [0.2, 0.25) is 0 Å². The molecule has 2 saturated heterocycles. The molecule has 2 aliphatic rings. The summed E-state index contributed by atoms with van der Waals surface area (Å²) in [6.45, 7) is 10.7. The van der Waals surface area contributed by atoms with Crippen LogP contribution in [0.15, 0.2) is 24.3 Å². The fourth-order valence-corrected chi connectivity index (χ4v) is 3.59.